The fraction of sp³-hybridized carbons (Fsp3) is 0.222. The summed E-state index contributed by atoms with van der Waals surface area (Å²) in [6.07, 6.45) is 4.12. The molecule has 0 spiro atoms. The molecule has 0 fully saturated rings. The smallest absolute Gasteiger partial charge is 0.161 e. The molecule has 0 radical (unpaired) electrons. The monoisotopic (exact) mass is 284 g/mol. The Morgan fingerprint density at radius 2 is 1.86 bits per heavy atom. The molecule has 0 saturated heterocycles. The van der Waals surface area contributed by atoms with Crippen LogP contribution in [0.15, 0.2) is 54.6 Å². The number of hydrogen-bond donors (Lipinski definition) is 2. The first-order chi connectivity index (χ1) is 10.00. The molecule has 2 aromatic rings. The van der Waals surface area contributed by atoms with E-state index < -0.39 is 5.60 Å². The first kappa shape index (κ1) is 15.1. The van der Waals surface area contributed by atoms with E-state index >= 15 is 0 Å². The molecule has 0 heterocycles. The Kier molecular flexibility index (Phi) is 4.66. The van der Waals surface area contributed by atoms with Gasteiger partial charge in [0.15, 0.2) is 11.5 Å². The normalized spacial score (nSPS) is 14.0. The van der Waals surface area contributed by atoms with Gasteiger partial charge in [0.25, 0.3) is 0 Å². The number of rotatable bonds is 5. The molecule has 0 amide bonds. The minimum Gasteiger partial charge on any atom is -0.504 e. The van der Waals surface area contributed by atoms with Crippen LogP contribution in [-0.4, -0.2) is 22.9 Å². The van der Waals surface area contributed by atoms with Crippen molar-refractivity contribution in [1.82, 2.24) is 0 Å². The number of phenolic OH excluding ortho intramolecular Hbond substituents is 1. The van der Waals surface area contributed by atoms with Gasteiger partial charge in [-0.3, -0.25) is 0 Å². The van der Waals surface area contributed by atoms with Crippen LogP contribution in [0.1, 0.15) is 18.1 Å². The molecule has 110 valence electrons. The molecular weight excluding hydrogens is 264 g/mol. The van der Waals surface area contributed by atoms with Gasteiger partial charge in [-0.1, -0.05) is 48.6 Å². The molecule has 1 unspecified atom stereocenters. The summed E-state index contributed by atoms with van der Waals surface area (Å²) in [4.78, 5) is 0. The number of hydrogen-bond acceptors (Lipinski definition) is 3. The zero-order valence-electron chi connectivity index (χ0n) is 12.3. The van der Waals surface area contributed by atoms with Crippen LogP contribution < -0.4 is 4.74 Å². The molecule has 0 saturated carbocycles. The van der Waals surface area contributed by atoms with Gasteiger partial charge >= 0.3 is 0 Å². The topological polar surface area (TPSA) is 49.7 Å². The van der Waals surface area contributed by atoms with Crippen LogP contribution in [0.2, 0.25) is 0 Å². The molecule has 0 aliphatic rings. The van der Waals surface area contributed by atoms with E-state index in [1.165, 1.54) is 7.11 Å². The third-order valence-corrected chi connectivity index (χ3v) is 3.24. The van der Waals surface area contributed by atoms with Crippen molar-refractivity contribution in [3.05, 3.63) is 65.7 Å². The average molecular weight is 284 g/mol. The van der Waals surface area contributed by atoms with Gasteiger partial charge in [-0.25, -0.2) is 0 Å². The van der Waals surface area contributed by atoms with Gasteiger partial charge < -0.3 is 14.9 Å². The van der Waals surface area contributed by atoms with Crippen LogP contribution in [0.25, 0.3) is 6.08 Å². The Morgan fingerprint density at radius 3 is 2.52 bits per heavy atom. The Hall–Kier alpha value is -2.26. The van der Waals surface area contributed by atoms with Crippen molar-refractivity contribution in [2.45, 2.75) is 18.9 Å². The third-order valence-electron chi connectivity index (χ3n) is 3.24. The van der Waals surface area contributed by atoms with E-state index in [-0.39, 0.29) is 5.75 Å². The number of benzene rings is 2. The van der Waals surface area contributed by atoms with E-state index in [1.807, 2.05) is 36.4 Å². The Labute approximate surface area is 125 Å². The molecule has 2 aromatic carbocycles. The highest BCUT2D eigenvalue weighted by Gasteiger charge is 2.16. The largest absolute Gasteiger partial charge is 0.504 e. The van der Waals surface area contributed by atoms with Crippen molar-refractivity contribution in [2.75, 3.05) is 7.11 Å². The van der Waals surface area contributed by atoms with Crippen molar-refractivity contribution in [1.29, 1.82) is 0 Å². The summed E-state index contributed by atoms with van der Waals surface area (Å²) >= 11 is 0. The maximum absolute atomic E-state index is 10.4. The molecular formula is C18H20O3. The highest BCUT2D eigenvalue weighted by molar-refractivity contribution is 5.56. The molecule has 21 heavy (non-hydrogen) atoms. The van der Waals surface area contributed by atoms with Gasteiger partial charge in [-0.2, -0.15) is 0 Å². The zero-order valence-corrected chi connectivity index (χ0v) is 12.3. The van der Waals surface area contributed by atoms with Crippen molar-refractivity contribution in [2.24, 2.45) is 0 Å². The SMILES string of the molecule is COc1cc(/C=C/C(C)(O)Cc2ccccc2)ccc1O. The van der Waals surface area contributed by atoms with Crippen molar-refractivity contribution in [3.63, 3.8) is 0 Å². The summed E-state index contributed by atoms with van der Waals surface area (Å²) in [6, 6.07) is 14.9. The van der Waals surface area contributed by atoms with E-state index in [9.17, 15) is 10.2 Å². The summed E-state index contributed by atoms with van der Waals surface area (Å²) in [5.41, 5.74) is 1.00. The number of phenols is 1. The van der Waals surface area contributed by atoms with E-state index in [4.69, 9.17) is 4.74 Å². The number of ether oxygens (including phenoxy) is 1. The fourth-order valence-corrected chi connectivity index (χ4v) is 2.14. The molecule has 0 aromatic heterocycles. The summed E-state index contributed by atoms with van der Waals surface area (Å²) < 4.78 is 5.07. The van der Waals surface area contributed by atoms with Gasteiger partial charge in [0.05, 0.1) is 12.7 Å². The molecule has 0 aliphatic carbocycles. The Bertz CT molecular complexity index is 616. The van der Waals surface area contributed by atoms with E-state index in [2.05, 4.69) is 0 Å². The molecule has 0 aliphatic heterocycles. The lowest BCUT2D eigenvalue weighted by Crippen LogP contribution is -2.23. The highest BCUT2D eigenvalue weighted by atomic mass is 16.5. The van der Waals surface area contributed by atoms with Crippen LogP contribution in [0, 0.1) is 0 Å². The highest BCUT2D eigenvalue weighted by Crippen LogP contribution is 2.27. The predicted molar refractivity (Wildman–Crippen MR) is 84.5 cm³/mol. The second kappa shape index (κ2) is 6.46. The Balaban J connectivity index is 2.12. The van der Waals surface area contributed by atoms with Crippen molar-refractivity contribution < 1.29 is 14.9 Å². The van der Waals surface area contributed by atoms with Crippen LogP contribution in [0.4, 0.5) is 0 Å². The lowest BCUT2D eigenvalue weighted by atomic mass is 9.95. The summed E-state index contributed by atoms with van der Waals surface area (Å²) in [5.74, 6) is 0.519. The summed E-state index contributed by atoms with van der Waals surface area (Å²) in [5, 5.41) is 20.0. The molecule has 2 rings (SSSR count). The minimum atomic E-state index is -0.938. The van der Waals surface area contributed by atoms with Crippen molar-refractivity contribution in [3.8, 4) is 11.5 Å². The maximum atomic E-state index is 10.4. The van der Waals surface area contributed by atoms with E-state index in [1.54, 1.807) is 31.2 Å². The van der Waals surface area contributed by atoms with E-state index in [0.717, 1.165) is 11.1 Å². The lowest BCUT2D eigenvalue weighted by Gasteiger charge is -2.19. The van der Waals surface area contributed by atoms with Crippen LogP contribution in [0.5, 0.6) is 11.5 Å². The number of methoxy groups -OCH3 is 1. The van der Waals surface area contributed by atoms with E-state index in [0.29, 0.717) is 12.2 Å². The van der Waals surface area contributed by atoms with Gasteiger partial charge in [-0.15, -0.1) is 0 Å². The first-order valence-electron chi connectivity index (χ1n) is 6.83. The van der Waals surface area contributed by atoms with Gasteiger partial charge in [-0.05, 0) is 30.2 Å². The summed E-state index contributed by atoms with van der Waals surface area (Å²) in [6.45, 7) is 1.77. The predicted octanol–water partition coefficient (Wildman–Crippen LogP) is 3.41. The fourth-order valence-electron chi connectivity index (χ4n) is 2.14. The van der Waals surface area contributed by atoms with Crippen molar-refractivity contribution >= 4 is 6.08 Å². The summed E-state index contributed by atoms with van der Waals surface area (Å²) in [7, 11) is 1.51. The zero-order chi connectivity index (χ0) is 15.3. The average Bonchev–Trinajstić information content (AvgIpc) is 2.47. The first-order valence-corrected chi connectivity index (χ1v) is 6.83. The molecule has 3 heteroatoms. The molecule has 2 N–H and O–H groups in total. The van der Waals surface area contributed by atoms with Crippen LogP contribution >= 0.6 is 0 Å². The van der Waals surface area contributed by atoms with Gasteiger partial charge in [0, 0.05) is 6.42 Å². The molecule has 3 nitrogen and oxygen atoms in total. The second-order valence-electron chi connectivity index (χ2n) is 5.28. The number of aromatic hydroxyl groups is 1. The lowest BCUT2D eigenvalue weighted by molar-refractivity contribution is 0.113. The van der Waals surface area contributed by atoms with Crippen LogP contribution in [0.3, 0.4) is 0 Å². The molecule has 0 bridgehead atoms. The van der Waals surface area contributed by atoms with Gasteiger partial charge in [0.1, 0.15) is 0 Å². The Morgan fingerprint density at radius 1 is 1.14 bits per heavy atom. The van der Waals surface area contributed by atoms with Crippen LogP contribution in [-0.2, 0) is 6.42 Å². The number of aliphatic hydroxyl groups is 1. The minimum absolute atomic E-state index is 0.102. The standard InChI is InChI=1S/C18H20O3/c1-18(20,13-15-6-4-3-5-7-15)11-10-14-8-9-16(19)17(12-14)21-2/h3-12,19-20H,13H2,1-2H3/b11-10+. The second-order valence-corrected chi connectivity index (χ2v) is 5.28. The maximum Gasteiger partial charge on any atom is 0.161 e. The van der Waals surface area contributed by atoms with Gasteiger partial charge in [0.2, 0.25) is 0 Å². The third kappa shape index (κ3) is 4.36. The quantitative estimate of drug-likeness (QED) is 0.884. The molecule has 1 atom stereocenters.